The van der Waals surface area contributed by atoms with E-state index in [1.165, 1.54) is 0 Å². The molecule has 3 nitrogen and oxygen atoms in total. The molecule has 0 aromatic heterocycles. The van der Waals surface area contributed by atoms with Crippen molar-refractivity contribution in [2.24, 2.45) is 5.92 Å². The summed E-state index contributed by atoms with van der Waals surface area (Å²) < 4.78 is 5.21. The monoisotopic (exact) mass is 180 g/mol. The number of aliphatic hydroxyl groups is 2. The number of ether oxygens (including phenoxy) is 1. The van der Waals surface area contributed by atoms with Gasteiger partial charge in [0, 0.05) is 11.5 Å². The molecule has 2 N–H and O–H groups in total. The smallest absolute Gasteiger partial charge is 0.202 e. The highest BCUT2D eigenvalue weighted by Crippen LogP contribution is 2.36. The molecule has 13 heavy (non-hydrogen) atoms. The lowest BCUT2D eigenvalue weighted by Crippen LogP contribution is -2.33. The molecule has 1 aromatic rings. The maximum atomic E-state index is 9.76. The highest BCUT2D eigenvalue weighted by molar-refractivity contribution is 5.37. The van der Waals surface area contributed by atoms with Gasteiger partial charge in [-0.05, 0) is 6.07 Å². The highest BCUT2D eigenvalue weighted by Gasteiger charge is 2.32. The quantitative estimate of drug-likeness (QED) is 0.627. The fraction of sp³-hybridized carbons (Fsp3) is 0.400. The van der Waals surface area contributed by atoms with Crippen LogP contribution < -0.4 is 4.74 Å². The van der Waals surface area contributed by atoms with Crippen LogP contribution in [0.1, 0.15) is 18.6 Å². The molecule has 0 saturated heterocycles. The van der Waals surface area contributed by atoms with Crippen molar-refractivity contribution < 1.29 is 14.9 Å². The molecule has 1 aliphatic rings. The van der Waals surface area contributed by atoms with Crippen LogP contribution in [0.15, 0.2) is 24.3 Å². The molecule has 3 atom stereocenters. The number of hydrogen-bond acceptors (Lipinski definition) is 3. The molecular weight excluding hydrogens is 168 g/mol. The maximum Gasteiger partial charge on any atom is 0.202 e. The number of hydrogen-bond donors (Lipinski definition) is 2. The Morgan fingerprint density at radius 1 is 1.23 bits per heavy atom. The van der Waals surface area contributed by atoms with Crippen molar-refractivity contribution in [1.29, 1.82) is 0 Å². The van der Waals surface area contributed by atoms with Gasteiger partial charge in [-0.25, -0.2) is 0 Å². The Hall–Kier alpha value is -1.06. The molecule has 0 saturated carbocycles. The number of para-hydroxylation sites is 1. The van der Waals surface area contributed by atoms with Crippen LogP contribution >= 0.6 is 0 Å². The second-order valence-electron chi connectivity index (χ2n) is 3.35. The van der Waals surface area contributed by atoms with Crippen LogP contribution in [-0.4, -0.2) is 16.5 Å². The van der Waals surface area contributed by atoms with Crippen molar-refractivity contribution in [2.45, 2.75) is 19.3 Å². The third-order valence-corrected chi connectivity index (χ3v) is 2.43. The van der Waals surface area contributed by atoms with E-state index in [1.54, 1.807) is 13.0 Å². The third kappa shape index (κ3) is 1.30. The van der Waals surface area contributed by atoms with E-state index >= 15 is 0 Å². The molecule has 3 heteroatoms. The summed E-state index contributed by atoms with van der Waals surface area (Å²) >= 11 is 0. The van der Waals surface area contributed by atoms with Gasteiger partial charge >= 0.3 is 0 Å². The van der Waals surface area contributed by atoms with Crippen molar-refractivity contribution in [3.05, 3.63) is 29.8 Å². The van der Waals surface area contributed by atoms with Gasteiger partial charge in [-0.1, -0.05) is 25.1 Å². The van der Waals surface area contributed by atoms with Gasteiger partial charge in [0.25, 0.3) is 0 Å². The molecule has 0 radical (unpaired) electrons. The zero-order valence-corrected chi connectivity index (χ0v) is 7.34. The fourth-order valence-electron chi connectivity index (χ4n) is 1.51. The highest BCUT2D eigenvalue weighted by atomic mass is 16.6. The van der Waals surface area contributed by atoms with Crippen LogP contribution in [-0.2, 0) is 0 Å². The van der Waals surface area contributed by atoms with Crippen LogP contribution in [0.5, 0.6) is 5.75 Å². The predicted molar refractivity (Wildman–Crippen MR) is 47.2 cm³/mol. The first-order valence-electron chi connectivity index (χ1n) is 4.32. The van der Waals surface area contributed by atoms with E-state index in [2.05, 4.69) is 0 Å². The van der Waals surface area contributed by atoms with E-state index in [4.69, 9.17) is 4.74 Å². The van der Waals surface area contributed by atoms with Gasteiger partial charge in [-0.2, -0.15) is 0 Å². The van der Waals surface area contributed by atoms with Gasteiger partial charge in [0.2, 0.25) is 6.29 Å². The average Bonchev–Trinajstić information content (AvgIpc) is 2.15. The zero-order chi connectivity index (χ0) is 9.42. The molecular formula is C10H12O3. The van der Waals surface area contributed by atoms with Crippen LogP contribution in [0.2, 0.25) is 0 Å². The van der Waals surface area contributed by atoms with Crippen LogP contribution in [0, 0.1) is 5.92 Å². The molecule has 70 valence electrons. The molecule has 1 heterocycles. The Kier molecular flexibility index (Phi) is 1.98. The summed E-state index contributed by atoms with van der Waals surface area (Å²) in [5.74, 6) is 0.287. The molecule has 1 aromatic carbocycles. The van der Waals surface area contributed by atoms with Crippen molar-refractivity contribution in [3.8, 4) is 5.75 Å². The van der Waals surface area contributed by atoms with Crippen molar-refractivity contribution in [2.75, 3.05) is 0 Å². The second kappa shape index (κ2) is 3.01. The minimum Gasteiger partial charge on any atom is -0.464 e. The van der Waals surface area contributed by atoms with Gasteiger partial charge in [0.05, 0.1) is 6.10 Å². The third-order valence-electron chi connectivity index (χ3n) is 2.43. The minimum absolute atomic E-state index is 0.283. The Morgan fingerprint density at radius 2 is 1.92 bits per heavy atom. The molecule has 2 rings (SSSR count). The van der Waals surface area contributed by atoms with Crippen molar-refractivity contribution in [1.82, 2.24) is 0 Å². The van der Waals surface area contributed by atoms with E-state index in [9.17, 15) is 10.2 Å². The Labute approximate surface area is 76.6 Å². The fourth-order valence-corrected chi connectivity index (χ4v) is 1.51. The first kappa shape index (κ1) is 8.53. The lowest BCUT2D eigenvalue weighted by atomic mass is 9.94. The maximum absolute atomic E-state index is 9.76. The van der Waals surface area contributed by atoms with E-state index < -0.39 is 12.4 Å². The van der Waals surface area contributed by atoms with E-state index in [-0.39, 0.29) is 5.92 Å². The van der Waals surface area contributed by atoms with Crippen molar-refractivity contribution in [3.63, 3.8) is 0 Å². The summed E-state index contributed by atoms with van der Waals surface area (Å²) in [4.78, 5) is 0. The average molecular weight is 180 g/mol. The molecule has 0 aliphatic carbocycles. The number of aliphatic hydroxyl groups excluding tert-OH is 2. The Morgan fingerprint density at radius 3 is 2.69 bits per heavy atom. The van der Waals surface area contributed by atoms with Crippen LogP contribution in [0.3, 0.4) is 0 Å². The molecule has 0 fully saturated rings. The lowest BCUT2D eigenvalue weighted by molar-refractivity contribution is -0.111. The summed E-state index contributed by atoms with van der Waals surface area (Å²) in [5.41, 5.74) is 0.750. The van der Waals surface area contributed by atoms with Gasteiger partial charge in [-0.15, -0.1) is 0 Å². The Bertz CT molecular complexity index is 311. The first-order valence-corrected chi connectivity index (χ1v) is 4.32. The molecule has 1 aliphatic heterocycles. The minimum atomic E-state index is -0.912. The van der Waals surface area contributed by atoms with Crippen molar-refractivity contribution >= 4 is 0 Å². The largest absolute Gasteiger partial charge is 0.464 e. The van der Waals surface area contributed by atoms with Gasteiger partial charge < -0.3 is 14.9 Å². The molecule has 1 unspecified atom stereocenters. The van der Waals surface area contributed by atoms with E-state index in [0.29, 0.717) is 5.75 Å². The normalized spacial score (nSPS) is 32.1. The van der Waals surface area contributed by atoms with E-state index in [1.807, 2.05) is 18.2 Å². The van der Waals surface area contributed by atoms with Gasteiger partial charge in [0.1, 0.15) is 5.75 Å². The van der Waals surface area contributed by atoms with Crippen LogP contribution in [0.4, 0.5) is 0 Å². The number of benzene rings is 1. The second-order valence-corrected chi connectivity index (χ2v) is 3.35. The zero-order valence-electron chi connectivity index (χ0n) is 7.34. The summed E-state index contributed by atoms with van der Waals surface area (Å²) in [7, 11) is 0. The SMILES string of the molecule is C[C@H]1C(O)Oc2ccccc2[C@H]1O. The molecule has 0 bridgehead atoms. The topological polar surface area (TPSA) is 49.7 Å². The standard InChI is InChI=1S/C10H12O3/c1-6-9(11)7-4-2-3-5-8(7)13-10(6)12/h2-6,9-12H,1H3/t6-,9+,10?/m1/s1. The van der Waals surface area contributed by atoms with Gasteiger partial charge in [-0.3, -0.25) is 0 Å². The number of rotatable bonds is 0. The van der Waals surface area contributed by atoms with E-state index in [0.717, 1.165) is 5.56 Å². The predicted octanol–water partition coefficient (Wildman–Crippen LogP) is 1.07. The first-order chi connectivity index (χ1) is 6.20. The van der Waals surface area contributed by atoms with Gasteiger partial charge in [0.15, 0.2) is 0 Å². The number of fused-ring (bicyclic) bond motifs is 1. The summed E-state index contributed by atoms with van der Waals surface area (Å²) in [6.45, 7) is 1.76. The Balaban J connectivity index is 2.43. The molecule has 0 spiro atoms. The molecule has 0 amide bonds. The lowest BCUT2D eigenvalue weighted by Gasteiger charge is -2.31. The van der Waals surface area contributed by atoms with Crippen LogP contribution in [0.25, 0.3) is 0 Å². The summed E-state index contributed by atoms with van der Waals surface area (Å²) in [6, 6.07) is 7.21. The summed E-state index contributed by atoms with van der Waals surface area (Å²) in [5, 5.41) is 19.2. The summed E-state index contributed by atoms with van der Waals surface area (Å²) in [6.07, 6.45) is -1.55.